The van der Waals surface area contributed by atoms with E-state index in [-0.39, 0.29) is 5.41 Å². The molecule has 0 aliphatic heterocycles. The summed E-state index contributed by atoms with van der Waals surface area (Å²) in [6.45, 7) is 8.96. The van der Waals surface area contributed by atoms with Crippen molar-refractivity contribution >= 4 is 0 Å². The second-order valence-electron chi connectivity index (χ2n) is 9.03. The van der Waals surface area contributed by atoms with E-state index in [0.29, 0.717) is 5.92 Å². The first-order valence-corrected chi connectivity index (χ1v) is 9.47. The Bertz CT molecular complexity index is 620. The molecule has 0 spiro atoms. The fourth-order valence-electron chi connectivity index (χ4n) is 6.82. The molecule has 0 heterocycles. The van der Waals surface area contributed by atoms with Gasteiger partial charge in [-0.05, 0) is 75.0 Å². The highest BCUT2D eigenvalue weighted by atomic mass is 16.3. The van der Waals surface area contributed by atoms with Crippen molar-refractivity contribution in [3.8, 4) is 12.3 Å². The van der Waals surface area contributed by atoms with E-state index in [4.69, 9.17) is 6.42 Å². The first-order chi connectivity index (χ1) is 10.9. The molecule has 1 heteroatoms. The molecule has 0 amide bonds. The molecule has 23 heavy (non-hydrogen) atoms. The maximum absolute atomic E-state index is 11.0. The molecule has 0 aromatic carbocycles. The van der Waals surface area contributed by atoms with Gasteiger partial charge in [0.2, 0.25) is 0 Å². The molecule has 4 rings (SSSR count). The van der Waals surface area contributed by atoms with Gasteiger partial charge in [-0.15, -0.1) is 6.42 Å². The van der Waals surface area contributed by atoms with Gasteiger partial charge in [-0.2, -0.15) is 0 Å². The molecular formula is C22H30O. The van der Waals surface area contributed by atoms with Crippen molar-refractivity contribution in [3.63, 3.8) is 0 Å². The third-order valence-electron chi connectivity index (χ3n) is 8.06. The number of hydrogen-bond donors (Lipinski definition) is 1. The van der Waals surface area contributed by atoms with Crippen LogP contribution in [0.15, 0.2) is 23.3 Å². The molecule has 4 aliphatic carbocycles. The molecule has 0 bridgehead atoms. The first-order valence-electron chi connectivity index (χ1n) is 9.47. The molecule has 2 saturated carbocycles. The number of fused-ring (bicyclic) bond motifs is 4. The normalized spacial score (nSPS) is 49.2. The fraction of sp³-hybridized carbons (Fsp3) is 0.727. The lowest BCUT2D eigenvalue weighted by atomic mass is 9.50. The topological polar surface area (TPSA) is 20.2 Å². The van der Waals surface area contributed by atoms with Crippen LogP contribution in [0.4, 0.5) is 0 Å². The van der Waals surface area contributed by atoms with E-state index < -0.39 is 5.60 Å². The number of rotatable bonds is 0. The Morgan fingerprint density at radius 2 is 2.04 bits per heavy atom. The fourth-order valence-corrected chi connectivity index (χ4v) is 6.82. The minimum absolute atomic E-state index is 0.0759. The minimum atomic E-state index is -0.877. The van der Waals surface area contributed by atoms with E-state index >= 15 is 0 Å². The van der Waals surface area contributed by atoms with Crippen LogP contribution in [0, 0.1) is 41.4 Å². The van der Waals surface area contributed by atoms with Gasteiger partial charge in [0.25, 0.3) is 0 Å². The monoisotopic (exact) mass is 310 g/mol. The highest BCUT2D eigenvalue weighted by molar-refractivity contribution is 5.33. The summed E-state index contributed by atoms with van der Waals surface area (Å²) in [5.41, 5.74) is 3.96. The van der Waals surface area contributed by atoms with E-state index in [2.05, 4.69) is 26.3 Å². The van der Waals surface area contributed by atoms with Crippen molar-refractivity contribution in [2.45, 2.75) is 70.8 Å². The largest absolute Gasteiger partial charge is 0.377 e. The van der Waals surface area contributed by atoms with Crippen LogP contribution in [-0.4, -0.2) is 10.7 Å². The van der Waals surface area contributed by atoms with Crippen molar-refractivity contribution in [1.82, 2.24) is 0 Å². The van der Waals surface area contributed by atoms with E-state index in [9.17, 15) is 5.11 Å². The second kappa shape index (κ2) is 5.00. The lowest BCUT2D eigenvalue weighted by Crippen LogP contribution is -2.52. The van der Waals surface area contributed by atoms with Gasteiger partial charge in [0, 0.05) is 5.41 Å². The van der Waals surface area contributed by atoms with Crippen molar-refractivity contribution in [1.29, 1.82) is 0 Å². The van der Waals surface area contributed by atoms with Gasteiger partial charge >= 0.3 is 0 Å². The quantitative estimate of drug-likeness (QED) is 0.500. The summed E-state index contributed by atoms with van der Waals surface area (Å²) in [6, 6.07) is 0. The van der Waals surface area contributed by atoms with Crippen LogP contribution in [-0.2, 0) is 0 Å². The molecule has 0 aromatic heterocycles. The summed E-state index contributed by atoms with van der Waals surface area (Å²) in [5, 5.41) is 11.0. The molecule has 1 nitrogen and oxygen atoms in total. The molecule has 1 N–H and O–H groups in total. The Balaban J connectivity index is 1.72. The van der Waals surface area contributed by atoms with Gasteiger partial charge in [-0.1, -0.05) is 43.1 Å². The molecule has 0 aromatic rings. The van der Waals surface area contributed by atoms with Crippen molar-refractivity contribution in [3.05, 3.63) is 23.3 Å². The average Bonchev–Trinajstić information content (AvgIpc) is 2.79. The van der Waals surface area contributed by atoms with Crippen molar-refractivity contribution < 1.29 is 5.11 Å². The van der Waals surface area contributed by atoms with Crippen LogP contribution in [0.3, 0.4) is 0 Å². The first kappa shape index (κ1) is 15.5. The van der Waals surface area contributed by atoms with Crippen LogP contribution < -0.4 is 0 Å². The maximum atomic E-state index is 11.0. The van der Waals surface area contributed by atoms with E-state index in [1.54, 1.807) is 11.1 Å². The van der Waals surface area contributed by atoms with Crippen LogP contribution >= 0.6 is 0 Å². The molecule has 4 aliphatic rings. The zero-order chi connectivity index (χ0) is 16.4. The lowest BCUT2D eigenvalue weighted by Gasteiger charge is -2.55. The molecule has 0 saturated heterocycles. The summed E-state index contributed by atoms with van der Waals surface area (Å²) in [4.78, 5) is 0. The predicted molar refractivity (Wildman–Crippen MR) is 94.6 cm³/mol. The van der Waals surface area contributed by atoms with Crippen molar-refractivity contribution in [2.24, 2.45) is 29.1 Å². The highest BCUT2D eigenvalue weighted by Crippen LogP contribution is 2.65. The number of hydrogen-bond acceptors (Lipinski definition) is 1. The summed E-state index contributed by atoms with van der Waals surface area (Å²) >= 11 is 0. The average molecular weight is 310 g/mol. The number of terminal acetylenes is 1. The Hall–Kier alpha value is -1.00. The summed E-state index contributed by atoms with van der Waals surface area (Å²) in [5.74, 6) is 5.57. The molecule has 2 fully saturated rings. The Labute approximate surface area is 141 Å². The summed E-state index contributed by atoms with van der Waals surface area (Å²) < 4.78 is 0. The number of aliphatic hydroxyl groups is 1. The third-order valence-corrected chi connectivity index (χ3v) is 8.06. The van der Waals surface area contributed by atoms with Gasteiger partial charge in [0.15, 0.2) is 0 Å². The standard InChI is InChI=1S/C22H30O/c1-5-22(23)11-9-19-20-15(3)13-16-12-14(2)6-7-17(16)18(20)8-10-21(19,22)4/h1,15,18-20,23H,2,6-13H2,3-4H3/t15-,18?,19?,20?,21+,22-/m1/s1. The smallest absolute Gasteiger partial charge is 0.130 e. The van der Waals surface area contributed by atoms with E-state index in [1.807, 2.05) is 0 Å². The molecule has 6 atom stereocenters. The third kappa shape index (κ3) is 1.97. The van der Waals surface area contributed by atoms with Gasteiger partial charge in [-0.3, -0.25) is 0 Å². The van der Waals surface area contributed by atoms with E-state index in [1.165, 1.54) is 31.3 Å². The van der Waals surface area contributed by atoms with Gasteiger partial charge in [0.1, 0.15) is 5.60 Å². The Morgan fingerprint density at radius 3 is 2.78 bits per heavy atom. The molecular weight excluding hydrogens is 280 g/mol. The molecule has 3 unspecified atom stereocenters. The zero-order valence-corrected chi connectivity index (χ0v) is 14.7. The lowest BCUT2D eigenvalue weighted by molar-refractivity contribution is -0.0805. The maximum Gasteiger partial charge on any atom is 0.130 e. The van der Waals surface area contributed by atoms with Crippen molar-refractivity contribution in [2.75, 3.05) is 0 Å². The Kier molecular flexibility index (Phi) is 3.37. The molecule has 0 radical (unpaired) electrons. The van der Waals surface area contributed by atoms with Gasteiger partial charge in [0.05, 0.1) is 0 Å². The van der Waals surface area contributed by atoms with Gasteiger partial charge in [-0.25, -0.2) is 0 Å². The number of allylic oxidation sites excluding steroid dienone is 3. The molecule has 124 valence electrons. The van der Waals surface area contributed by atoms with Crippen LogP contribution in [0.2, 0.25) is 0 Å². The van der Waals surface area contributed by atoms with Gasteiger partial charge < -0.3 is 5.11 Å². The van der Waals surface area contributed by atoms with Crippen LogP contribution in [0.1, 0.15) is 65.2 Å². The Morgan fingerprint density at radius 1 is 1.26 bits per heavy atom. The highest BCUT2D eigenvalue weighted by Gasteiger charge is 2.62. The predicted octanol–water partition coefficient (Wildman–Crippen LogP) is 4.87. The van der Waals surface area contributed by atoms with Crippen LogP contribution in [0.25, 0.3) is 0 Å². The zero-order valence-electron chi connectivity index (χ0n) is 14.7. The second-order valence-corrected chi connectivity index (χ2v) is 9.03. The van der Waals surface area contributed by atoms with E-state index in [0.717, 1.165) is 43.4 Å². The minimum Gasteiger partial charge on any atom is -0.377 e. The SMILES string of the molecule is C#C[C@@]1(O)CCC2C3C(CC[C@@]21C)C1=C(CC(=C)CC1)C[C@H]3C. The summed E-state index contributed by atoms with van der Waals surface area (Å²) in [7, 11) is 0. The van der Waals surface area contributed by atoms with Crippen LogP contribution in [0.5, 0.6) is 0 Å². The summed E-state index contributed by atoms with van der Waals surface area (Å²) in [6.07, 6.45) is 14.8.